The predicted octanol–water partition coefficient (Wildman–Crippen LogP) is 5.97. The van der Waals surface area contributed by atoms with Gasteiger partial charge in [0.25, 0.3) is 0 Å². The van der Waals surface area contributed by atoms with Crippen LogP contribution >= 0.6 is 0 Å². The Morgan fingerprint density at radius 2 is 1.79 bits per heavy atom. The average molecular weight is 529 g/mol. The normalized spacial score (nSPS) is 11.8. The van der Waals surface area contributed by atoms with E-state index in [1.807, 2.05) is 57.2 Å². The number of carbonyl (C=O) groups is 1. The molecule has 2 amide bonds. The third kappa shape index (κ3) is 5.75. The minimum absolute atomic E-state index is 0.200. The van der Waals surface area contributed by atoms with Gasteiger partial charge in [-0.2, -0.15) is 0 Å². The Morgan fingerprint density at radius 1 is 1.05 bits per heavy atom. The van der Waals surface area contributed by atoms with Gasteiger partial charge in [0.15, 0.2) is 9.84 Å². The molecular weight excluding hydrogens is 496 g/mol. The molecular formula is C30H32N4O3S. The largest absolute Gasteiger partial charge is 0.338 e. The van der Waals surface area contributed by atoms with Gasteiger partial charge < -0.3 is 10.7 Å². The van der Waals surface area contributed by atoms with E-state index in [1.165, 1.54) is 18.3 Å². The average Bonchev–Trinajstić information content (AvgIpc) is 2.91. The fourth-order valence-electron chi connectivity index (χ4n) is 4.29. The van der Waals surface area contributed by atoms with Gasteiger partial charge >= 0.3 is 6.03 Å². The molecule has 0 radical (unpaired) electrons. The molecule has 4 aromatic rings. The number of amides is 2. The number of nitrogens with one attached hydrogen (secondary N) is 2. The van der Waals surface area contributed by atoms with Gasteiger partial charge in [0, 0.05) is 47.3 Å². The van der Waals surface area contributed by atoms with Crippen molar-refractivity contribution in [1.29, 1.82) is 5.41 Å². The quantitative estimate of drug-likeness (QED) is 0.275. The second-order valence-corrected chi connectivity index (χ2v) is 11.9. The van der Waals surface area contributed by atoms with E-state index in [9.17, 15) is 13.2 Å². The van der Waals surface area contributed by atoms with E-state index in [2.05, 4.69) is 22.4 Å². The molecule has 8 heteroatoms. The van der Waals surface area contributed by atoms with Crippen molar-refractivity contribution in [3.05, 3.63) is 90.1 Å². The minimum atomic E-state index is -3.34. The van der Waals surface area contributed by atoms with Gasteiger partial charge in [-0.15, -0.1) is 0 Å². The number of nitrogens with zero attached hydrogens (tertiary/aromatic N) is 2. The third-order valence-corrected chi connectivity index (χ3v) is 7.67. The summed E-state index contributed by atoms with van der Waals surface area (Å²) in [5, 5.41) is 11.8. The van der Waals surface area contributed by atoms with Gasteiger partial charge in [-0.1, -0.05) is 38.1 Å². The molecule has 1 heterocycles. The zero-order chi connectivity index (χ0) is 27.5. The van der Waals surface area contributed by atoms with Crippen molar-refractivity contribution in [2.75, 3.05) is 17.7 Å². The lowest BCUT2D eigenvalue weighted by Gasteiger charge is -2.24. The fourth-order valence-corrected chi connectivity index (χ4v) is 4.92. The van der Waals surface area contributed by atoms with Crippen LogP contribution in [0.25, 0.3) is 22.0 Å². The van der Waals surface area contributed by atoms with Gasteiger partial charge in [-0.05, 0) is 72.1 Å². The maximum Gasteiger partial charge on any atom is 0.322 e. The van der Waals surface area contributed by atoms with Crippen LogP contribution in [0, 0.1) is 5.41 Å². The second-order valence-electron chi connectivity index (χ2n) is 9.85. The van der Waals surface area contributed by atoms with Crippen molar-refractivity contribution in [3.8, 4) is 11.1 Å². The van der Waals surface area contributed by atoms with Crippen LogP contribution in [-0.4, -0.2) is 38.4 Å². The Balaban J connectivity index is 1.77. The van der Waals surface area contributed by atoms with E-state index in [4.69, 9.17) is 5.41 Å². The first-order chi connectivity index (χ1) is 18.0. The van der Waals surface area contributed by atoms with Crippen molar-refractivity contribution in [1.82, 2.24) is 10.3 Å². The van der Waals surface area contributed by atoms with Crippen LogP contribution in [0.5, 0.6) is 0 Å². The van der Waals surface area contributed by atoms with Crippen molar-refractivity contribution in [2.24, 2.45) is 0 Å². The van der Waals surface area contributed by atoms with Crippen molar-refractivity contribution < 1.29 is 13.2 Å². The van der Waals surface area contributed by atoms with Crippen LogP contribution in [0.2, 0.25) is 0 Å². The number of benzene rings is 3. The summed E-state index contributed by atoms with van der Waals surface area (Å²) >= 11 is 0. The number of rotatable bonds is 8. The summed E-state index contributed by atoms with van der Waals surface area (Å²) < 4.78 is 23.8. The number of fused-ring (bicyclic) bond motifs is 1. The number of carbonyl (C=O) groups excluding carboxylic acids is 1. The number of urea groups is 1. The number of pyridine rings is 1. The third-order valence-electron chi connectivity index (χ3n) is 6.54. The van der Waals surface area contributed by atoms with Crippen molar-refractivity contribution >= 4 is 38.7 Å². The number of aromatic nitrogens is 1. The molecule has 0 aliphatic rings. The van der Waals surface area contributed by atoms with Gasteiger partial charge in [0.05, 0.1) is 17.0 Å². The van der Waals surface area contributed by atoms with E-state index in [1.54, 1.807) is 23.2 Å². The monoisotopic (exact) mass is 528 g/mol. The Kier molecular flexibility index (Phi) is 7.64. The highest BCUT2D eigenvalue weighted by Crippen LogP contribution is 2.34. The van der Waals surface area contributed by atoms with Crippen molar-refractivity contribution in [3.63, 3.8) is 0 Å². The predicted molar refractivity (Wildman–Crippen MR) is 154 cm³/mol. The Hall–Kier alpha value is -4.04. The van der Waals surface area contributed by atoms with Gasteiger partial charge in [-0.3, -0.25) is 9.88 Å². The summed E-state index contributed by atoms with van der Waals surface area (Å²) in [7, 11) is -3.34. The van der Waals surface area contributed by atoms with E-state index in [-0.39, 0.29) is 17.5 Å². The Bertz CT molecular complexity index is 1600. The van der Waals surface area contributed by atoms with Gasteiger partial charge in [0.1, 0.15) is 0 Å². The molecule has 0 fully saturated rings. The lowest BCUT2D eigenvalue weighted by Crippen LogP contribution is -2.39. The second kappa shape index (κ2) is 10.8. The molecule has 38 heavy (non-hydrogen) atoms. The molecule has 4 rings (SSSR count). The van der Waals surface area contributed by atoms with E-state index in [0.717, 1.165) is 39.4 Å². The highest BCUT2D eigenvalue weighted by Gasteiger charge is 2.21. The molecule has 196 valence electrons. The molecule has 0 aliphatic heterocycles. The first-order valence-electron chi connectivity index (χ1n) is 12.4. The summed E-state index contributed by atoms with van der Waals surface area (Å²) in [6.45, 7) is 6.62. The maximum atomic E-state index is 13.0. The summed E-state index contributed by atoms with van der Waals surface area (Å²) in [4.78, 5) is 19.5. The molecule has 0 atom stereocenters. The Labute approximate surface area is 224 Å². The smallest absolute Gasteiger partial charge is 0.322 e. The molecule has 0 bridgehead atoms. The Morgan fingerprint density at radius 3 is 2.45 bits per heavy atom. The maximum absolute atomic E-state index is 13.0. The lowest BCUT2D eigenvalue weighted by molar-refractivity contribution is 0.246. The zero-order valence-electron chi connectivity index (χ0n) is 22.0. The first kappa shape index (κ1) is 27.0. The van der Waals surface area contributed by atoms with Crippen LogP contribution in [0.15, 0.2) is 83.9 Å². The molecule has 0 spiro atoms. The summed E-state index contributed by atoms with van der Waals surface area (Å²) in [5.74, 6) is 0. The minimum Gasteiger partial charge on any atom is -0.338 e. The van der Waals surface area contributed by atoms with Crippen LogP contribution in [0.1, 0.15) is 31.9 Å². The number of hydrogen-bond acceptors (Lipinski definition) is 5. The topological polar surface area (TPSA) is 103 Å². The van der Waals surface area contributed by atoms with Gasteiger partial charge in [0.2, 0.25) is 0 Å². The number of hydrogen-bond donors (Lipinski definition) is 2. The van der Waals surface area contributed by atoms with Gasteiger partial charge in [-0.25, -0.2) is 13.2 Å². The van der Waals surface area contributed by atoms with E-state index in [0.29, 0.717) is 12.2 Å². The lowest BCUT2D eigenvalue weighted by atomic mass is 9.83. The fraction of sp³-hybridized carbons (Fsp3) is 0.233. The standard InChI is InChI=1S/C30H32N4O3S/c1-5-32-29(35)34(25-11-13-26(14-12-25)38(4,36)37)19-21-8-6-9-22(16-21)27-18-24(30(2,3)20-31)17-23-10-7-15-33-28(23)27/h6-18,20,31H,5,19H2,1-4H3,(H,32,35). The number of sulfone groups is 1. The molecule has 7 nitrogen and oxygen atoms in total. The van der Waals surface area contributed by atoms with Crippen LogP contribution < -0.4 is 10.2 Å². The summed E-state index contributed by atoms with van der Waals surface area (Å²) in [6, 6.07) is 22.1. The molecule has 1 aromatic heterocycles. The van der Waals surface area contributed by atoms with Crippen LogP contribution in [0.3, 0.4) is 0 Å². The zero-order valence-corrected chi connectivity index (χ0v) is 22.8. The summed E-state index contributed by atoms with van der Waals surface area (Å²) in [6.07, 6.45) is 4.38. The molecule has 0 saturated carbocycles. The number of anilines is 1. The van der Waals surface area contributed by atoms with E-state index < -0.39 is 15.3 Å². The molecule has 3 aromatic carbocycles. The summed E-state index contributed by atoms with van der Waals surface area (Å²) in [5.41, 5.74) is 4.85. The van der Waals surface area contributed by atoms with Crippen LogP contribution in [0.4, 0.5) is 10.5 Å². The van der Waals surface area contributed by atoms with Crippen LogP contribution in [-0.2, 0) is 21.8 Å². The van der Waals surface area contributed by atoms with Crippen molar-refractivity contribution in [2.45, 2.75) is 37.6 Å². The molecule has 0 unspecified atom stereocenters. The molecule has 0 saturated heterocycles. The SMILES string of the molecule is CCNC(=O)N(Cc1cccc(-c2cc(C(C)(C)C=N)cc3cccnc23)c1)c1ccc(S(C)(=O)=O)cc1. The highest BCUT2D eigenvalue weighted by molar-refractivity contribution is 7.90. The highest BCUT2D eigenvalue weighted by atomic mass is 32.2. The molecule has 2 N–H and O–H groups in total. The van der Waals surface area contributed by atoms with E-state index >= 15 is 0 Å². The molecule has 0 aliphatic carbocycles. The first-order valence-corrected chi connectivity index (χ1v) is 14.3.